The quantitative estimate of drug-likeness (QED) is 0.797. The van der Waals surface area contributed by atoms with Gasteiger partial charge in [0.05, 0.1) is 18.7 Å². The SMILES string of the molecule is COC(=O)CCc1cccc(-c2ccccc2C#N)c1. The van der Waals surface area contributed by atoms with Crippen LogP contribution in [0, 0.1) is 11.3 Å². The lowest BCUT2D eigenvalue weighted by Gasteiger charge is -2.07. The summed E-state index contributed by atoms with van der Waals surface area (Å²) in [5.74, 6) is -0.215. The maximum atomic E-state index is 11.2. The molecule has 0 fully saturated rings. The summed E-state index contributed by atoms with van der Waals surface area (Å²) >= 11 is 0. The summed E-state index contributed by atoms with van der Waals surface area (Å²) < 4.78 is 4.64. The first-order valence-electron chi connectivity index (χ1n) is 6.40. The van der Waals surface area contributed by atoms with Crippen LogP contribution in [0.2, 0.25) is 0 Å². The van der Waals surface area contributed by atoms with Crippen molar-refractivity contribution in [3.8, 4) is 17.2 Å². The first-order chi connectivity index (χ1) is 9.74. The molecule has 0 aromatic heterocycles. The maximum Gasteiger partial charge on any atom is 0.305 e. The van der Waals surface area contributed by atoms with Gasteiger partial charge in [0.25, 0.3) is 0 Å². The molecule has 3 heteroatoms. The van der Waals surface area contributed by atoms with E-state index in [-0.39, 0.29) is 5.97 Å². The van der Waals surface area contributed by atoms with Gasteiger partial charge in [0.2, 0.25) is 0 Å². The molecule has 3 nitrogen and oxygen atoms in total. The molecule has 0 heterocycles. The number of esters is 1. The molecule has 0 saturated heterocycles. The second-order valence-corrected chi connectivity index (χ2v) is 4.43. The minimum Gasteiger partial charge on any atom is -0.469 e. The van der Waals surface area contributed by atoms with Crippen molar-refractivity contribution >= 4 is 5.97 Å². The Kier molecular flexibility index (Phi) is 4.52. The third kappa shape index (κ3) is 3.24. The minimum atomic E-state index is -0.215. The Morgan fingerprint density at radius 1 is 1.20 bits per heavy atom. The number of carbonyl (C=O) groups is 1. The van der Waals surface area contributed by atoms with E-state index in [0.29, 0.717) is 18.4 Å². The van der Waals surface area contributed by atoms with Crippen LogP contribution in [0.4, 0.5) is 0 Å². The summed E-state index contributed by atoms with van der Waals surface area (Å²) in [6.45, 7) is 0. The number of nitriles is 1. The Morgan fingerprint density at radius 3 is 2.75 bits per heavy atom. The minimum absolute atomic E-state index is 0.215. The highest BCUT2D eigenvalue weighted by Crippen LogP contribution is 2.24. The van der Waals surface area contributed by atoms with Gasteiger partial charge < -0.3 is 4.74 Å². The van der Waals surface area contributed by atoms with Crippen LogP contribution in [0.3, 0.4) is 0 Å². The lowest BCUT2D eigenvalue weighted by atomic mass is 9.97. The van der Waals surface area contributed by atoms with E-state index in [1.807, 2.05) is 42.5 Å². The van der Waals surface area contributed by atoms with E-state index in [0.717, 1.165) is 16.7 Å². The number of ether oxygens (including phenoxy) is 1. The zero-order valence-electron chi connectivity index (χ0n) is 11.3. The van der Waals surface area contributed by atoms with E-state index >= 15 is 0 Å². The molecule has 0 amide bonds. The lowest BCUT2D eigenvalue weighted by Crippen LogP contribution is -2.01. The number of hydrogen-bond donors (Lipinski definition) is 0. The predicted molar refractivity (Wildman–Crippen MR) is 76.9 cm³/mol. The average molecular weight is 265 g/mol. The van der Waals surface area contributed by atoms with Gasteiger partial charge in [0, 0.05) is 6.42 Å². The summed E-state index contributed by atoms with van der Waals surface area (Å²) in [4.78, 5) is 11.2. The fourth-order valence-corrected chi connectivity index (χ4v) is 2.08. The second kappa shape index (κ2) is 6.53. The van der Waals surface area contributed by atoms with Crippen LogP contribution in [-0.2, 0) is 16.0 Å². The molecule has 0 bridgehead atoms. The van der Waals surface area contributed by atoms with Crippen LogP contribution in [0.5, 0.6) is 0 Å². The molecule has 0 aliphatic carbocycles. The second-order valence-electron chi connectivity index (χ2n) is 4.43. The van der Waals surface area contributed by atoms with Crippen LogP contribution in [0.1, 0.15) is 17.5 Å². The van der Waals surface area contributed by atoms with E-state index in [2.05, 4.69) is 10.8 Å². The first-order valence-corrected chi connectivity index (χ1v) is 6.40. The lowest BCUT2D eigenvalue weighted by molar-refractivity contribution is -0.140. The smallest absolute Gasteiger partial charge is 0.305 e. The molecule has 0 saturated carbocycles. The Balaban J connectivity index is 2.26. The Hall–Kier alpha value is -2.60. The fourth-order valence-electron chi connectivity index (χ4n) is 2.08. The molecule has 2 rings (SSSR count). The Morgan fingerprint density at radius 2 is 2.00 bits per heavy atom. The van der Waals surface area contributed by atoms with Gasteiger partial charge in [-0.2, -0.15) is 5.26 Å². The predicted octanol–water partition coefficient (Wildman–Crippen LogP) is 3.33. The molecule has 2 aromatic carbocycles. The number of carbonyl (C=O) groups excluding carboxylic acids is 1. The summed E-state index contributed by atoms with van der Waals surface area (Å²) in [7, 11) is 1.39. The van der Waals surface area contributed by atoms with Crippen LogP contribution >= 0.6 is 0 Å². The van der Waals surface area contributed by atoms with Gasteiger partial charge in [-0.1, -0.05) is 42.5 Å². The largest absolute Gasteiger partial charge is 0.469 e. The van der Waals surface area contributed by atoms with Gasteiger partial charge in [-0.15, -0.1) is 0 Å². The van der Waals surface area contributed by atoms with Crippen molar-refractivity contribution in [3.63, 3.8) is 0 Å². The molecule has 20 heavy (non-hydrogen) atoms. The van der Waals surface area contributed by atoms with E-state index in [1.165, 1.54) is 7.11 Å². The van der Waals surface area contributed by atoms with Crippen molar-refractivity contribution in [3.05, 3.63) is 59.7 Å². The number of aryl methyl sites for hydroxylation is 1. The summed E-state index contributed by atoms with van der Waals surface area (Å²) in [5.41, 5.74) is 3.61. The standard InChI is InChI=1S/C17H15NO2/c1-20-17(19)10-9-13-5-4-7-14(11-13)16-8-3-2-6-15(16)12-18/h2-8,11H,9-10H2,1H3. The number of hydrogen-bond acceptors (Lipinski definition) is 3. The van der Waals surface area contributed by atoms with Crippen molar-refractivity contribution in [1.82, 2.24) is 0 Å². The van der Waals surface area contributed by atoms with Gasteiger partial charge in [0.15, 0.2) is 0 Å². The highest BCUT2D eigenvalue weighted by Gasteiger charge is 2.06. The number of rotatable bonds is 4. The highest BCUT2D eigenvalue weighted by atomic mass is 16.5. The number of benzene rings is 2. The Labute approximate surface area is 118 Å². The summed E-state index contributed by atoms with van der Waals surface area (Å²) in [6, 6.07) is 17.6. The molecule has 0 unspecified atom stereocenters. The first kappa shape index (κ1) is 13.8. The third-order valence-electron chi connectivity index (χ3n) is 3.13. The number of methoxy groups -OCH3 is 1. The van der Waals surface area contributed by atoms with Gasteiger partial charge in [-0.25, -0.2) is 0 Å². The van der Waals surface area contributed by atoms with Gasteiger partial charge >= 0.3 is 5.97 Å². The topological polar surface area (TPSA) is 50.1 Å². The third-order valence-corrected chi connectivity index (χ3v) is 3.13. The van der Waals surface area contributed by atoms with Crippen molar-refractivity contribution < 1.29 is 9.53 Å². The molecule has 0 N–H and O–H groups in total. The maximum absolute atomic E-state index is 11.2. The van der Waals surface area contributed by atoms with E-state index in [1.54, 1.807) is 6.07 Å². The van der Waals surface area contributed by atoms with Gasteiger partial charge in [-0.05, 0) is 29.2 Å². The molecular formula is C17H15NO2. The monoisotopic (exact) mass is 265 g/mol. The molecule has 100 valence electrons. The molecule has 0 spiro atoms. The molecule has 0 radical (unpaired) electrons. The molecule has 0 aliphatic rings. The zero-order valence-corrected chi connectivity index (χ0v) is 11.3. The van der Waals surface area contributed by atoms with Gasteiger partial charge in [-0.3, -0.25) is 4.79 Å². The highest BCUT2D eigenvalue weighted by molar-refractivity contribution is 5.72. The zero-order chi connectivity index (χ0) is 14.4. The van der Waals surface area contributed by atoms with Crippen molar-refractivity contribution in [1.29, 1.82) is 5.26 Å². The van der Waals surface area contributed by atoms with E-state index in [9.17, 15) is 4.79 Å². The normalized spacial score (nSPS) is 9.80. The van der Waals surface area contributed by atoms with Crippen LogP contribution in [0.25, 0.3) is 11.1 Å². The average Bonchev–Trinajstić information content (AvgIpc) is 2.52. The van der Waals surface area contributed by atoms with Crippen LogP contribution < -0.4 is 0 Å². The molecule has 0 atom stereocenters. The molecular weight excluding hydrogens is 250 g/mol. The van der Waals surface area contributed by atoms with E-state index in [4.69, 9.17) is 5.26 Å². The van der Waals surface area contributed by atoms with Crippen LogP contribution in [-0.4, -0.2) is 13.1 Å². The van der Waals surface area contributed by atoms with Crippen molar-refractivity contribution in [2.45, 2.75) is 12.8 Å². The van der Waals surface area contributed by atoms with Crippen LogP contribution in [0.15, 0.2) is 48.5 Å². The summed E-state index contributed by atoms with van der Waals surface area (Å²) in [5, 5.41) is 9.15. The van der Waals surface area contributed by atoms with Crippen molar-refractivity contribution in [2.24, 2.45) is 0 Å². The fraction of sp³-hybridized carbons (Fsp3) is 0.176. The summed E-state index contributed by atoms with van der Waals surface area (Å²) in [6.07, 6.45) is 0.995. The number of nitrogens with zero attached hydrogens (tertiary/aromatic N) is 1. The van der Waals surface area contributed by atoms with Gasteiger partial charge in [0.1, 0.15) is 0 Å². The molecule has 0 aliphatic heterocycles. The van der Waals surface area contributed by atoms with Crippen molar-refractivity contribution in [2.75, 3.05) is 7.11 Å². The van der Waals surface area contributed by atoms with E-state index < -0.39 is 0 Å². The molecule has 2 aromatic rings. The Bertz CT molecular complexity index is 656.